The van der Waals surface area contributed by atoms with Crippen LogP contribution in [-0.2, 0) is 4.79 Å². The molecule has 80 valence electrons. The van der Waals surface area contributed by atoms with Gasteiger partial charge in [-0.3, -0.25) is 9.79 Å². The molecule has 0 bridgehead atoms. The van der Waals surface area contributed by atoms with Gasteiger partial charge in [0, 0.05) is 12.3 Å². The maximum Gasteiger partial charge on any atom is 0.312 e. The van der Waals surface area contributed by atoms with Crippen molar-refractivity contribution in [2.45, 2.75) is 39.5 Å². The van der Waals surface area contributed by atoms with E-state index in [4.69, 9.17) is 5.11 Å². The van der Waals surface area contributed by atoms with Gasteiger partial charge in [-0.2, -0.15) is 0 Å². The summed E-state index contributed by atoms with van der Waals surface area (Å²) < 4.78 is 0. The van der Waals surface area contributed by atoms with Gasteiger partial charge in [-0.1, -0.05) is 20.3 Å². The molecule has 1 N–H and O–H groups in total. The Kier molecular flexibility index (Phi) is 4.11. The van der Waals surface area contributed by atoms with Crippen LogP contribution in [0.25, 0.3) is 0 Å². The highest BCUT2D eigenvalue weighted by atomic mass is 16.4. The Labute approximate surface area is 85.2 Å². The lowest BCUT2D eigenvalue weighted by molar-refractivity contribution is -0.139. The van der Waals surface area contributed by atoms with Crippen LogP contribution < -0.4 is 0 Å². The van der Waals surface area contributed by atoms with Gasteiger partial charge >= 0.3 is 5.97 Å². The molecule has 3 nitrogen and oxygen atoms in total. The summed E-state index contributed by atoms with van der Waals surface area (Å²) in [5.41, 5.74) is 0.914. The predicted molar refractivity (Wildman–Crippen MR) is 56.7 cm³/mol. The molecular formula is C11H19NO2. The average Bonchev–Trinajstić information content (AvgIpc) is 2.15. The molecule has 0 spiro atoms. The quantitative estimate of drug-likeness (QED) is 0.755. The molecule has 0 heterocycles. The highest BCUT2D eigenvalue weighted by Gasteiger charge is 2.26. The number of carboxylic acids is 1. The van der Waals surface area contributed by atoms with Gasteiger partial charge in [0.1, 0.15) is 0 Å². The molecule has 3 heteroatoms. The lowest BCUT2D eigenvalue weighted by Gasteiger charge is -2.20. The van der Waals surface area contributed by atoms with Crippen molar-refractivity contribution in [3.63, 3.8) is 0 Å². The molecule has 1 fully saturated rings. The minimum absolute atomic E-state index is 0.303. The van der Waals surface area contributed by atoms with Gasteiger partial charge < -0.3 is 5.11 Å². The van der Waals surface area contributed by atoms with Gasteiger partial charge in [-0.15, -0.1) is 0 Å². The zero-order valence-corrected chi connectivity index (χ0v) is 8.99. The first kappa shape index (κ1) is 11.2. The summed E-state index contributed by atoms with van der Waals surface area (Å²) in [6.07, 6.45) is 3.77. The monoisotopic (exact) mass is 197 g/mol. The maximum absolute atomic E-state index is 10.9. The van der Waals surface area contributed by atoms with E-state index in [0.29, 0.717) is 5.92 Å². The van der Waals surface area contributed by atoms with E-state index in [1.807, 2.05) is 0 Å². The molecule has 14 heavy (non-hydrogen) atoms. The van der Waals surface area contributed by atoms with E-state index < -0.39 is 5.97 Å². The van der Waals surface area contributed by atoms with Gasteiger partial charge in [-0.05, 0) is 25.2 Å². The first-order valence-corrected chi connectivity index (χ1v) is 5.37. The van der Waals surface area contributed by atoms with Crippen LogP contribution in [0.3, 0.4) is 0 Å². The Bertz CT molecular complexity index is 233. The summed E-state index contributed by atoms with van der Waals surface area (Å²) in [4.78, 5) is 15.3. The summed E-state index contributed by atoms with van der Waals surface area (Å²) in [6.45, 7) is 4.96. The minimum Gasteiger partial charge on any atom is -0.481 e. The molecule has 1 rings (SSSR count). The van der Waals surface area contributed by atoms with Crippen LogP contribution in [0.5, 0.6) is 0 Å². The lowest BCUT2D eigenvalue weighted by Crippen LogP contribution is -2.27. The number of nitrogens with zero attached hydrogens (tertiary/aromatic N) is 1. The fourth-order valence-electron chi connectivity index (χ4n) is 1.75. The van der Waals surface area contributed by atoms with Crippen LogP contribution in [-0.4, -0.2) is 23.3 Å². The molecular weight excluding hydrogens is 178 g/mol. The van der Waals surface area contributed by atoms with Crippen LogP contribution >= 0.6 is 0 Å². The zero-order valence-electron chi connectivity index (χ0n) is 8.99. The van der Waals surface area contributed by atoms with Crippen molar-refractivity contribution < 1.29 is 9.90 Å². The third-order valence-corrected chi connectivity index (χ3v) is 2.54. The molecule has 0 amide bonds. The molecule has 1 unspecified atom stereocenters. The first-order valence-electron chi connectivity index (χ1n) is 5.37. The van der Waals surface area contributed by atoms with Crippen molar-refractivity contribution in [1.82, 2.24) is 0 Å². The largest absolute Gasteiger partial charge is 0.481 e. The molecule has 0 aromatic heterocycles. The Morgan fingerprint density at radius 1 is 1.57 bits per heavy atom. The van der Waals surface area contributed by atoms with Crippen molar-refractivity contribution >= 4 is 11.7 Å². The van der Waals surface area contributed by atoms with Crippen molar-refractivity contribution in [3.8, 4) is 0 Å². The van der Waals surface area contributed by atoms with Crippen LogP contribution in [0, 0.1) is 11.8 Å². The minimum atomic E-state index is -0.702. The van der Waals surface area contributed by atoms with E-state index in [1.54, 1.807) is 0 Å². The third-order valence-electron chi connectivity index (χ3n) is 2.54. The van der Waals surface area contributed by atoms with E-state index >= 15 is 0 Å². The summed E-state index contributed by atoms with van der Waals surface area (Å²) in [5, 5.41) is 8.99. The highest BCUT2D eigenvalue weighted by Crippen LogP contribution is 2.22. The number of rotatable bonds is 3. The van der Waals surface area contributed by atoms with E-state index in [2.05, 4.69) is 18.8 Å². The van der Waals surface area contributed by atoms with Crippen molar-refractivity contribution in [1.29, 1.82) is 0 Å². The first-order chi connectivity index (χ1) is 6.61. The topological polar surface area (TPSA) is 49.7 Å². The summed E-state index contributed by atoms with van der Waals surface area (Å²) in [5.74, 6) is -0.492. The maximum atomic E-state index is 10.9. The number of carboxylic acid groups (broad SMARTS) is 1. The molecule has 1 saturated carbocycles. The van der Waals surface area contributed by atoms with Gasteiger partial charge in [0.05, 0.1) is 5.92 Å². The fraction of sp³-hybridized carbons (Fsp3) is 0.818. The molecule has 0 saturated heterocycles. The predicted octanol–water partition coefficient (Wildman–Crippen LogP) is 2.36. The van der Waals surface area contributed by atoms with Crippen LogP contribution in [0.4, 0.5) is 0 Å². The van der Waals surface area contributed by atoms with E-state index in [9.17, 15) is 4.79 Å². The van der Waals surface area contributed by atoms with Gasteiger partial charge in [0.25, 0.3) is 0 Å². The van der Waals surface area contributed by atoms with Gasteiger partial charge in [0.2, 0.25) is 0 Å². The normalized spacial score (nSPS) is 25.6. The second-order valence-electron chi connectivity index (χ2n) is 4.36. The molecule has 1 atom stereocenters. The molecule has 1 aliphatic rings. The Morgan fingerprint density at radius 2 is 2.29 bits per heavy atom. The highest BCUT2D eigenvalue weighted by molar-refractivity contribution is 6.01. The zero-order chi connectivity index (χ0) is 10.6. The number of aliphatic imine (C=N–C) groups is 1. The average molecular weight is 197 g/mol. The Morgan fingerprint density at radius 3 is 2.86 bits per heavy atom. The van der Waals surface area contributed by atoms with Crippen molar-refractivity contribution in [2.75, 3.05) is 6.54 Å². The second-order valence-corrected chi connectivity index (χ2v) is 4.36. The van der Waals surface area contributed by atoms with Crippen molar-refractivity contribution in [3.05, 3.63) is 0 Å². The number of aliphatic carboxylic acids is 1. The van der Waals surface area contributed by atoms with Gasteiger partial charge in [-0.25, -0.2) is 0 Å². The number of hydrogen-bond acceptors (Lipinski definition) is 2. The second kappa shape index (κ2) is 5.13. The third kappa shape index (κ3) is 3.13. The summed E-state index contributed by atoms with van der Waals surface area (Å²) >= 11 is 0. The lowest BCUT2D eigenvalue weighted by atomic mass is 9.87. The smallest absolute Gasteiger partial charge is 0.312 e. The standard InChI is InChI=1S/C11H19NO2/c1-8(2)7-12-10-6-4-3-5-9(10)11(13)14/h8-9H,3-7H2,1-2H3,(H,13,14). The van der Waals surface area contributed by atoms with Crippen molar-refractivity contribution in [2.24, 2.45) is 16.8 Å². The summed E-state index contributed by atoms with van der Waals surface area (Å²) in [7, 11) is 0. The van der Waals surface area contributed by atoms with Gasteiger partial charge in [0.15, 0.2) is 0 Å². The Balaban J connectivity index is 2.62. The van der Waals surface area contributed by atoms with Crippen LogP contribution in [0.2, 0.25) is 0 Å². The molecule has 0 aromatic carbocycles. The van der Waals surface area contributed by atoms with Crippen LogP contribution in [0.1, 0.15) is 39.5 Å². The summed E-state index contributed by atoms with van der Waals surface area (Å²) in [6, 6.07) is 0. The molecule has 0 radical (unpaired) electrons. The number of carbonyl (C=O) groups is 1. The number of hydrogen-bond donors (Lipinski definition) is 1. The molecule has 0 aromatic rings. The molecule has 0 aliphatic heterocycles. The van der Waals surface area contributed by atoms with E-state index in [0.717, 1.165) is 37.9 Å². The SMILES string of the molecule is CC(C)CN=C1CCCCC1C(=O)O. The Hall–Kier alpha value is -0.860. The fourth-order valence-corrected chi connectivity index (χ4v) is 1.75. The van der Waals surface area contributed by atoms with E-state index in [1.165, 1.54) is 0 Å². The van der Waals surface area contributed by atoms with Crippen LogP contribution in [0.15, 0.2) is 4.99 Å². The van der Waals surface area contributed by atoms with E-state index in [-0.39, 0.29) is 5.92 Å². The molecule has 1 aliphatic carbocycles.